The van der Waals surface area contributed by atoms with Crippen molar-refractivity contribution < 1.29 is 13.9 Å². The molecule has 0 spiro atoms. The maximum Gasteiger partial charge on any atom is 0.257 e. The van der Waals surface area contributed by atoms with Crippen molar-refractivity contribution in [3.63, 3.8) is 0 Å². The predicted octanol–water partition coefficient (Wildman–Crippen LogP) is 2.48. The van der Waals surface area contributed by atoms with E-state index in [1.54, 1.807) is 24.4 Å². The van der Waals surface area contributed by atoms with Gasteiger partial charge in [-0.2, -0.15) is 0 Å². The number of halogens is 1. The first kappa shape index (κ1) is 12.3. The van der Waals surface area contributed by atoms with Gasteiger partial charge in [0.05, 0.1) is 0 Å². The number of ether oxygens (including phenoxy) is 2. The summed E-state index contributed by atoms with van der Waals surface area (Å²) in [6.45, 7) is 0.333. The van der Waals surface area contributed by atoms with E-state index in [-0.39, 0.29) is 5.82 Å². The largest absolute Gasteiger partial charge is 0.470 e. The Bertz CT molecular complexity index is 546. The lowest BCUT2D eigenvalue weighted by Gasteiger charge is -2.05. The third kappa shape index (κ3) is 2.41. The third-order valence-corrected chi connectivity index (χ3v) is 2.35. The topological polar surface area (TPSA) is 57.4 Å². The molecule has 1 aliphatic rings. The van der Waals surface area contributed by atoms with Gasteiger partial charge in [0.25, 0.3) is 5.88 Å². The van der Waals surface area contributed by atoms with E-state index in [9.17, 15) is 4.39 Å². The van der Waals surface area contributed by atoms with Crippen molar-refractivity contribution >= 4 is 0 Å². The van der Waals surface area contributed by atoms with Crippen LogP contribution in [0, 0.1) is 5.82 Å². The molecule has 1 aliphatic heterocycles. The van der Waals surface area contributed by atoms with Crippen LogP contribution in [0.1, 0.15) is 5.56 Å². The summed E-state index contributed by atoms with van der Waals surface area (Å²) in [6, 6.07) is 7.86. The van der Waals surface area contributed by atoms with Crippen molar-refractivity contribution in [3.8, 4) is 17.4 Å². The molecular weight excluding hydrogens is 235 g/mol. The molecule has 0 saturated carbocycles. The molecule has 0 amide bonds. The number of benzene rings is 1. The molecule has 3 rings (SSSR count). The Hall–Kier alpha value is -2.14. The molecule has 0 radical (unpaired) electrons. The normalized spacial score (nSPS) is 11.7. The summed E-state index contributed by atoms with van der Waals surface area (Å²) < 4.78 is 24.1. The molecular formula is C13H13FN2O2. The van der Waals surface area contributed by atoms with Crippen molar-refractivity contribution in [3.05, 3.63) is 47.9 Å². The van der Waals surface area contributed by atoms with Crippen LogP contribution >= 0.6 is 0 Å². The summed E-state index contributed by atoms with van der Waals surface area (Å²) in [7, 11) is 1.50. The maximum absolute atomic E-state index is 13.1. The minimum absolute atomic E-state index is 0.328. The molecule has 0 aliphatic carbocycles. The summed E-state index contributed by atoms with van der Waals surface area (Å²) in [5.74, 6) is 1.09. The molecule has 2 heterocycles. The highest BCUT2D eigenvalue weighted by Crippen LogP contribution is 2.35. The Balaban J connectivity index is 0.000000574. The van der Waals surface area contributed by atoms with Gasteiger partial charge < -0.3 is 15.2 Å². The molecule has 0 saturated heterocycles. The van der Waals surface area contributed by atoms with Crippen molar-refractivity contribution in [2.24, 2.45) is 5.73 Å². The summed E-state index contributed by atoms with van der Waals surface area (Å²) in [5.41, 5.74) is 5.30. The summed E-state index contributed by atoms with van der Waals surface area (Å²) in [5, 5.41) is 0. The molecule has 4 nitrogen and oxygen atoms in total. The van der Waals surface area contributed by atoms with E-state index in [2.05, 4.69) is 10.7 Å². The van der Waals surface area contributed by atoms with E-state index in [1.165, 1.54) is 19.2 Å². The number of nitrogens with two attached hydrogens (primary N) is 1. The van der Waals surface area contributed by atoms with Crippen LogP contribution < -0.4 is 15.2 Å². The summed E-state index contributed by atoms with van der Waals surface area (Å²) in [4.78, 5) is 4.04. The number of rotatable bonds is 0. The van der Waals surface area contributed by atoms with E-state index >= 15 is 0 Å². The maximum atomic E-state index is 13.1. The lowest BCUT2D eigenvalue weighted by Crippen LogP contribution is -1.94. The lowest BCUT2D eigenvalue weighted by molar-refractivity contribution is 0.294. The molecule has 2 aromatic rings. The molecule has 2 N–H and O–H groups in total. The summed E-state index contributed by atoms with van der Waals surface area (Å²) >= 11 is 0. The van der Waals surface area contributed by atoms with Gasteiger partial charge in [-0.3, -0.25) is 0 Å². The van der Waals surface area contributed by atoms with Gasteiger partial charge in [-0.25, -0.2) is 9.37 Å². The first-order chi connectivity index (χ1) is 8.83. The smallest absolute Gasteiger partial charge is 0.257 e. The van der Waals surface area contributed by atoms with Crippen LogP contribution in [-0.2, 0) is 6.61 Å². The average Bonchev–Trinajstić information content (AvgIpc) is 2.59. The van der Waals surface area contributed by atoms with Crippen molar-refractivity contribution in [2.75, 3.05) is 7.05 Å². The standard InChI is InChI=1S/C12H8FNO2.CH5N/c13-9-4-3-8-7-15-12-10(2-1-5-14-12)16-11(8)6-9;1-2/h1-6H,7H2;2H2,1H3. The zero-order valence-corrected chi connectivity index (χ0v) is 9.89. The van der Waals surface area contributed by atoms with Gasteiger partial charge in [-0.15, -0.1) is 0 Å². The van der Waals surface area contributed by atoms with Crippen LogP contribution in [0.5, 0.6) is 17.4 Å². The van der Waals surface area contributed by atoms with Crippen LogP contribution in [-0.4, -0.2) is 12.0 Å². The van der Waals surface area contributed by atoms with Gasteiger partial charge in [-0.05, 0) is 31.3 Å². The Labute approximate surface area is 104 Å². The fourth-order valence-electron chi connectivity index (χ4n) is 1.57. The van der Waals surface area contributed by atoms with Crippen LogP contribution in [0.25, 0.3) is 0 Å². The molecule has 1 aromatic carbocycles. The van der Waals surface area contributed by atoms with Gasteiger partial charge in [0, 0.05) is 17.8 Å². The monoisotopic (exact) mass is 248 g/mol. The Morgan fingerprint density at radius 3 is 2.89 bits per heavy atom. The van der Waals surface area contributed by atoms with Crippen molar-refractivity contribution in [1.29, 1.82) is 0 Å². The Kier molecular flexibility index (Phi) is 3.74. The van der Waals surface area contributed by atoms with Gasteiger partial charge in [0.2, 0.25) is 0 Å². The van der Waals surface area contributed by atoms with Gasteiger partial charge in [0.1, 0.15) is 18.2 Å². The fraction of sp³-hybridized carbons (Fsp3) is 0.154. The minimum atomic E-state index is -0.328. The second kappa shape index (κ2) is 5.46. The second-order valence-electron chi connectivity index (χ2n) is 3.45. The van der Waals surface area contributed by atoms with Crippen LogP contribution in [0.2, 0.25) is 0 Å². The van der Waals surface area contributed by atoms with Crippen LogP contribution in [0.3, 0.4) is 0 Å². The third-order valence-electron chi connectivity index (χ3n) is 2.35. The van der Waals surface area contributed by atoms with E-state index in [4.69, 9.17) is 9.47 Å². The number of aromatic nitrogens is 1. The number of hydrogen-bond donors (Lipinski definition) is 1. The van der Waals surface area contributed by atoms with E-state index in [1.807, 2.05) is 0 Å². The van der Waals surface area contributed by atoms with E-state index < -0.39 is 0 Å². The number of nitrogens with zero attached hydrogens (tertiary/aromatic N) is 1. The average molecular weight is 248 g/mol. The zero-order valence-electron chi connectivity index (χ0n) is 9.89. The Morgan fingerprint density at radius 2 is 2.06 bits per heavy atom. The van der Waals surface area contributed by atoms with Crippen LogP contribution in [0.15, 0.2) is 36.5 Å². The molecule has 94 valence electrons. The van der Waals surface area contributed by atoms with Crippen molar-refractivity contribution in [1.82, 2.24) is 4.98 Å². The second-order valence-corrected chi connectivity index (χ2v) is 3.45. The molecule has 18 heavy (non-hydrogen) atoms. The first-order valence-corrected chi connectivity index (χ1v) is 5.45. The highest BCUT2D eigenvalue weighted by molar-refractivity contribution is 5.43. The number of pyridine rings is 1. The summed E-state index contributed by atoms with van der Waals surface area (Å²) in [6.07, 6.45) is 1.62. The first-order valence-electron chi connectivity index (χ1n) is 5.45. The highest BCUT2D eigenvalue weighted by Gasteiger charge is 2.16. The zero-order chi connectivity index (χ0) is 13.0. The minimum Gasteiger partial charge on any atom is -0.470 e. The Morgan fingerprint density at radius 1 is 1.22 bits per heavy atom. The van der Waals surface area contributed by atoms with Crippen LogP contribution in [0.4, 0.5) is 4.39 Å². The highest BCUT2D eigenvalue weighted by atomic mass is 19.1. The van der Waals surface area contributed by atoms with Gasteiger partial charge in [-0.1, -0.05) is 0 Å². The quantitative estimate of drug-likeness (QED) is 0.778. The SMILES string of the molecule is CN.Fc1ccc2c(c1)Oc1cccnc1OC2. The molecule has 0 bridgehead atoms. The number of fused-ring (bicyclic) bond motifs is 2. The molecule has 0 unspecified atom stereocenters. The van der Waals surface area contributed by atoms with Crippen molar-refractivity contribution in [2.45, 2.75) is 6.61 Å². The van der Waals surface area contributed by atoms with Gasteiger partial charge >= 0.3 is 0 Å². The molecule has 0 atom stereocenters. The van der Waals surface area contributed by atoms with Gasteiger partial charge in [0.15, 0.2) is 5.75 Å². The van der Waals surface area contributed by atoms with E-state index in [0.717, 1.165) is 5.56 Å². The molecule has 1 aromatic heterocycles. The fourth-order valence-corrected chi connectivity index (χ4v) is 1.57. The molecule has 0 fully saturated rings. The lowest BCUT2D eigenvalue weighted by atomic mass is 10.2. The molecule has 5 heteroatoms. The predicted molar refractivity (Wildman–Crippen MR) is 65.2 cm³/mol. The number of hydrogen-bond acceptors (Lipinski definition) is 4. The van der Waals surface area contributed by atoms with E-state index in [0.29, 0.717) is 24.0 Å².